The van der Waals surface area contributed by atoms with Gasteiger partial charge in [0, 0.05) is 17.7 Å². The van der Waals surface area contributed by atoms with Crippen LogP contribution in [0.3, 0.4) is 0 Å². The number of nitrogens with zero attached hydrogens (tertiary/aromatic N) is 4. The van der Waals surface area contributed by atoms with Crippen LogP contribution in [0, 0.1) is 10.1 Å². The predicted molar refractivity (Wildman–Crippen MR) is 117 cm³/mol. The van der Waals surface area contributed by atoms with Gasteiger partial charge in [0.1, 0.15) is 5.82 Å². The van der Waals surface area contributed by atoms with Crippen molar-refractivity contribution in [1.29, 1.82) is 0 Å². The number of rotatable bonds is 4. The Kier molecular flexibility index (Phi) is 5.73. The molecule has 10 heteroatoms. The summed E-state index contributed by atoms with van der Waals surface area (Å²) in [5.41, 5.74) is -1.07. The van der Waals surface area contributed by atoms with E-state index in [0.29, 0.717) is 5.52 Å². The van der Waals surface area contributed by atoms with E-state index in [1.165, 1.54) is 33.7 Å². The summed E-state index contributed by atoms with van der Waals surface area (Å²) < 4.78 is 1.19. The maximum Gasteiger partial charge on any atom is 0.408 e. The molecule has 1 N–H and O–H groups in total. The third kappa shape index (κ3) is 4.09. The molecule has 31 heavy (non-hydrogen) atoms. The monoisotopic (exact) mass is 444 g/mol. The molecule has 0 fully saturated rings. The van der Waals surface area contributed by atoms with Crippen molar-refractivity contribution in [3.63, 3.8) is 0 Å². The molecule has 0 saturated carbocycles. The first-order chi connectivity index (χ1) is 14.4. The highest BCUT2D eigenvalue weighted by Crippen LogP contribution is 2.30. The summed E-state index contributed by atoms with van der Waals surface area (Å²) in [6.45, 7) is 6.80. The number of non-ortho nitro benzene ring substituents is 1. The summed E-state index contributed by atoms with van der Waals surface area (Å²) in [5, 5.41) is 21.4. The Morgan fingerprint density at radius 3 is 2.48 bits per heavy atom. The molecule has 0 spiro atoms. The van der Waals surface area contributed by atoms with Crippen LogP contribution in [0.4, 0.5) is 10.5 Å². The Labute approximate surface area is 182 Å². The van der Waals surface area contributed by atoms with E-state index in [1.54, 1.807) is 45.9 Å². The summed E-state index contributed by atoms with van der Waals surface area (Å²) in [4.78, 5) is 42.0. The van der Waals surface area contributed by atoms with Gasteiger partial charge in [0.25, 0.3) is 11.2 Å². The zero-order chi connectivity index (χ0) is 23.1. The smallest absolute Gasteiger partial charge is 0.408 e. The van der Waals surface area contributed by atoms with Crippen molar-refractivity contribution in [3.8, 4) is 5.69 Å². The van der Waals surface area contributed by atoms with E-state index in [-0.39, 0.29) is 27.6 Å². The van der Waals surface area contributed by atoms with Gasteiger partial charge in [0.05, 0.1) is 32.6 Å². The van der Waals surface area contributed by atoms with Crippen LogP contribution in [0.25, 0.3) is 16.6 Å². The number of aromatic nitrogens is 2. The van der Waals surface area contributed by atoms with E-state index in [4.69, 9.17) is 11.6 Å². The van der Waals surface area contributed by atoms with Gasteiger partial charge in [-0.05, 0) is 45.9 Å². The van der Waals surface area contributed by atoms with Gasteiger partial charge in [0.2, 0.25) is 0 Å². The number of hydrogen-bond donors (Lipinski definition) is 1. The van der Waals surface area contributed by atoms with Gasteiger partial charge in [-0.15, -0.1) is 0 Å². The van der Waals surface area contributed by atoms with Crippen molar-refractivity contribution in [2.45, 2.75) is 39.3 Å². The number of benzene rings is 2. The van der Waals surface area contributed by atoms with Gasteiger partial charge in [-0.1, -0.05) is 23.7 Å². The van der Waals surface area contributed by atoms with Gasteiger partial charge in [0.15, 0.2) is 0 Å². The molecule has 1 amide bonds. The first-order valence-corrected chi connectivity index (χ1v) is 9.79. The maximum absolute atomic E-state index is 13.5. The summed E-state index contributed by atoms with van der Waals surface area (Å²) in [6, 6.07) is 9.46. The largest absolute Gasteiger partial charge is 0.465 e. The first-order valence-electron chi connectivity index (χ1n) is 9.41. The predicted octanol–water partition coefficient (Wildman–Crippen LogP) is 4.79. The molecule has 1 aromatic heterocycles. The summed E-state index contributed by atoms with van der Waals surface area (Å²) in [7, 11) is 0. The van der Waals surface area contributed by atoms with Crippen molar-refractivity contribution in [1.82, 2.24) is 14.5 Å². The van der Waals surface area contributed by atoms with E-state index in [9.17, 15) is 24.8 Å². The molecule has 0 saturated heterocycles. The van der Waals surface area contributed by atoms with E-state index < -0.39 is 28.2 Å². The number of fused-ring (bicyclic) bond motifs is 1. The van der Waals surface area contributed by atoms with Crippen LogP contribution in [0.15, 0.2) is 47.3 Å². The van der Waals surface area contributed by atoms with E-state index in [2.05, 4.69) is 4.98 Å². The second kappa shape index (κ2) is 7.99. The number of nitro groups is 1. The Balaban J connectivity index is 2.42. The third-order valence-electron chi connectivity index (χ3n) is 4.86. The Bertz CT molecular complexity index is 1250. The maximum atomic E-state index is 13.5. The Morgan fingerprint density at radius 1 is 1.26 bits per heavy atom. The lowest BCUT2D eigenvalue weighted by Gasteiger charge is -2.38. The normalized spacial score (nSPS) is 12.5. The van der Waals surface area contributed by atoms with Crippen molar-refractivity contribution in [3.05, 3.63) is 73.8 Å². The summed E-state index contributed by atoms with van der Waals surface area (Å²) in [6.07, 6.45) is -1.19. The van der Waals surface area contributed by atoms with Gasteiger partial charge in [-0.3, -0.25) is 24.4 Å². The van der Waals surface area contributed by atoms with Crippen LogP contribution in [0.5, 0.6) is 0 Å². The second-order valence-electron chi connectivity index (χ2n) is 8.02. The Hall–Kier alpha value is -3.46. The molecule has 0 aliphatic carbocycles. The third-order valence-corrected chi connectivity index (χ3v) is 5.18. The number of nitro benzene ring substituents is 1. The molecule has 2 aromatic carbocycles. The molecule has 0 bridgehead atoms. The van der Waals surface area contributed by atoms with Gasteiger partial charge < -0.3 is 5.11 Å². The quantitative estimate of drug-likeness (QED) is 0.456. The zero-order valence-corrected chi connectivity index (χ0v) is 18.1. The molecule has 0 aliphatic heterocycles. The van der Waals surface area contributed by atoms with E-state index in [1.807, 2.05) is 0 Å². The minimum absolute atomic E-state index is 0.123. The van der Waals surface area contributed by atoms with E-state index in [0.717, 1.165) is 0 Å². The lowest BCUT2D eigenvalue weighted by Crippen LogP contribution is -2.47. The highest BCUT2D eigenvalue weighted by atomic mass is 35.5. The fourth-order valence-electron chi connectivity index (χ4n) is 3.63. The molecule has 9 nitrogen and oxygen atoms in total. The number of hydrogen-bond acceptors (Lipinski definition) is 5. The number of amides is 1. The second-order valence-corrected chi connectivity index (χ2v) is 8.43. The molecule has 3 rings (SSSR count). The highest BCUT2D eigenvalue weighted by molar-refractivity contribution is 6.35. The van der Waals surface area contributed by atoms with Crippen molar-refractivity contribution in [2.24, 2.45) is 0 Å². The van der Waals surface area contributed by atoms with Crippen LogP contribution in [-0.2, 0) is 0 Å². The average molecular weight is 445 g/mol. The Morgan fingerprint density at radius 2 is 1.90 bits per heavy atom. The summed E-state index contributed by atoms with van der Waals surface area (Å²) in [5.74, 6) is 0.123. The van der Waals surface area contributed by atoms with Crippen LogP contribution < -0.4 is 5.56 Å². The molecule has 1 heterocycles. The van der Waals surface area contributed by atoms with Gasteiger partial charge >= 0.3 is 6.09 Å². The molecular weight excluding hydrogens is 424 g/mol. The van der Waals surface area contributed by atoms with Gasteiger partial charge in [-0.2, -0.15) is 0 Å². The minimum atomic E-state index is -1.19. The minimum Gasteiger partial charge on any atom is -0.465 e. The number of carbonyl (C=O) groups is 1. The molecule has 3 aromatic rings. The average Bonchev–Trinajstić information content (AvgIpc) is 2.66. The topological polar surface area (TPSA) is 119 Å². The molecule has 1 atom stereocenters. The highest BCUT2D eigenvalue weighted by Gasteiger charge is 2.34. The standard InChI is InChI=1S/C21H21ClN4O5/c1-12(25(20(28)29)21(2,3)4)18-23-16-10-6-9-15(22)17(16)19(27)24(18)13-7-5-8-14(11-13)26(30)31/h5-12H,1-4H3,(H,28,29). The first kappa shape index (κ1) is 22.2. The van der Waals surface area contributed by atoms with Crippen LogP contribution >= 0.6 is 11.6 Å². The van der Waals surface area contributed by atoms with Crippen LogP contribution in [0.1, 0.15) is 39.6 Å². The molecular formula is C21H21ClN4O5. The fourth-order valence-corrected chi connectivity index (χ4v) is 3.88. The van der Waals surface area contributed by atoms with Crippen LogP contribution in [-0.4, -0.2) is 36.1 Å². The lowest BCUT2D eigenvalue weighted by atomic mass is 10.0. The fraction of sp³-hybridized carbons (Fsp3) is 0.286. The van der Waals surface area contributed by atoms with Crippen molar-refractivity contribution >= 4 is 34.3 Å². The SMILES string of the molecule is CC(c1nc2cccc(Cl)c2c(=O)n1-c1cccc([N+](=O)[O-])c1)N(C(=O)O)C(C)(C)C. The zero-order valence-electron chi connectivity index (χ0n) is 17.4. The van der Waals surface area contributed by atoms with E-state index >= 15 is 0 Å². The summed E-state index contributed by atoms with van der Waals surface area (Å²) >= 11 is 6.25. The van der Waals surface area contributed by atoms with Crippen molar-refractivity contribution in [2.75, 3.05) is 0 Å². The van der Waals surface area contributed by atoms with Gasteiger partial charge in [-0.25, -0.2) is 9.78 Å². The lowest BCUT2D eigenvalue weighted by molar-refractivity contribution is -0.384. The van der Waals surface area contributed by atoms with Crippen LogP contribution in [0.2, 0.25) is 5.02 Å². The molecule has 162 valence electrons. The molecule has 0 aliphatic rings. The number of carboxylic acid groups (broad SMARTS) is 1. The molecule has 0 radical (unpaired) electrons. The number of halogens is 1. The van der Waals surface area contributed by atoms with Crippen molar-refractivity contribution < 1.29 is 14.8 Å². The molecule has 1 unspecified atom stereocenters.